The lowest BCUT2D eigenvalue weighted by molar-refractivity contribution is 0.0955. The highest BCUT2D eigenvalue weighted by Gasteiger charge is 2.18. The molecule has 0 saturated carbocycles. The predicted octanol–water partition coefficient (Wildman–Crippen LogP) is 5.78. The van der Waals surface area contributed by atoms with E-state index >= 15 is 0 Å². The molecule has 2 amide bonds. The Bertz CT molecular complexity index is 1050. The fraction of sp³-hybridized carbons (Fsp3) is 0.231. The lowest BCUT2D eigenvalue weighted by Crippen LogP contribution is -2.27. The molecular formula is C26H26N2O2S2. The van der Waals surface area contributed by atoms with Crippen LogP contribution in [0, 0.1) is 0 Å². The van der Waals surface area contributed by atoms with Crippen LogP contribution in [0.2, 0.25) is 0 Å². The van der Waals surface area contributed by atoms with Crippen LogP contribution < -0.4 is 10.6 Å². The minimum Gasteiger partial charge on any atom is -0.352 e. The highest BCUT2D eigenvalue weighted by atomic mass is 32.2. The third-order valence-corrected chi connectivity index (χ3v) is 8.25. The molecule has 0 bridgehead atoms. The van der Waals surface area contributed by atoms with Crippen LogP contribution in [0.25, 0.3) is 0 Å². The first-order valence-corrected chi connectivity index (χ1v) is 12.9. The molecular weight excluding hydrogens is 436 g/mol. The number of hydrogen-bond acceptors (Lipinski definition) is 4. The Morgan fingerprint density at radius 1 is 0.812 bits per heavy atom. The number of thioether (sulfide) groups is 2. The quantitative estimate of drug-likeness (QED) is 0.467. The van der Waals surface area contributed by atoms with Gasteiger partial charge in [-0.05, 0) is 59.7 Å². The summed E-state index contributed by atoms with van der Waals surface area (Å²) in [6, 6.07) is 24.9. The van der Waals surface area contributed by atoms with Crippen molar-refractivity contribution in [2.75, 3.05) is 23.4 Å². The molecule has 0 unspecified atom stereocenters. The Labute approximate surface area is 197 Å². The number of rotatable bonds is 7. The van der Waals surface area contributed by atoms with Gasteiger partial charge in [0, 0.05) is 12.1 Å². The molecule has 0 aliphatic carbocycles. The molecule has 3 aromatic carbocycles. The molecule has 1 fully saturated rings. The first kappa shape index (κ1) is 22.5. The molecule has 3 aromatic rings. The minimum atomic E-state index is -0.218. The van der Waals surface area contributed by atoms with Crippen molar-refractivity contribution in [3.63, 3.8) is 0 Å². The van der Waals surface area contributed by atoms with E-state index in [1.54, 1.807) is 18.2 Å². The fourth-order valence-electron chi connectivity index (χ4n) is 3.52. The van der Waals surface area contributed by atoms with Gasteiger partial charge in [-0.2, -0.15) is 0 Å². The number of amides is 2. The van der Waals surface area contributed by atoms with Gasteiger partial charge in [0.25, 0.3) is 11.8 Å². The van der Waals surface area contributed by atoms with E-state index < -0.39 is 0 Å². The van der Waals surface area contributed by atoms with Gasteiger partial charge in [-0.15, -0.1) is 23.5 Å². The van der Waals surface area contributed by atoms with E-state index in [2.05, 4.69) is 10.6 Å². The molecule has 32 heavy (non-hydrogen) atoms. The minimum absolute atomic E-state index is 0.196. The van der Waals surface area contributed by atoms with Crippen molar-refractivity contribution < 1.29 is 9.59 Å². The molecule has 1 saturated heterocycles. The number of anilines is 1. The van der Waals surface area contributed by atoms with E-state index in [-0.39, 0.29) is 11.8 Å². The van der Waals surface area contributed by atoms with Crippen molar-refractivity contribution in [2.45, 2.75) is 17.4 Å². The normalized spacial score (nSPS) is 14.0. The Hall–Kier alpha value is -2.70. The maximum atomic E-state index is 12.8. The van der Waals surface area contributed by atoms with Gasteiger partial charge >= 0.3 is 0 Å². The van der Waals surface area contributed by atoms with Crippen LogP contribution >= 0.6 is 23.5 Å². The van der Waals surface area contributed by atoms with E-state index in [9.17, 15) is 9.59 Å². The van der Waals surface area contributed by atoms with E-state index in [4.69, 9.17) is 0 Å². The van der Waals surface area contributed by atoms with Gasteiger partial charge in [-0.1, -0.05) is 54.6 Å². The Morgan fingerprint density at radius 3 is 2.25 bits per heavy atom. The van der Waals surface area contributed by atoms with Gasteiger partial charge in [0.05, 0.1) is 15.8 Å². The summed E-state index contributed by atoms with van der Waals surface area (Å²) in [5, 5.41) is 5.85. The second kappa shape index (κ2) is 11.2. The molecule has 0 atom stereocenters. The van der Waals surface area contributed by atoms with Crippen molar-refractivity contribution in [3.05, 3.63) is 101 Å². The maximum Gasteiger partial charge on any atom is 0.255 e. The predicted molar refractivity (Wildman–Crippen MR) is 136 cm³/mol. The molecule has 6 heteroatoms. The summed E-state index contributed by atoms with van der Waals surface area (Å²) in [4.78, 5) is 25.5. The van der Waals surface area contributed by atoms with E-state index in [0.29, 0.717) is 27.9 Å². The van der Waals surface area contributed by atoms with Gasteiger partial charge in [0.1, 0.15) is 0 Å². The van der Waals surface area contributed by atoms with Gasteiger partial charge in [-0.25, -0.2) is 0 Å². The second-order valence-corrected chi connectivity index (χ2v) is 10.3. The molecule has 2 N–H and O–H groups in total. The lowest BCUT2D eigenvalue weighted by atomic mass is 10.1. The summed E-state index contributed by atoms with van der Waals surface area (Å²) in [6.45, 7) is 0.532. The molecule has 1 heterocycles. The van der Waals surface area contributed by atoms with Gasteiger partial charge in [-0.3, -0.25) is 9.59 Å². The average molecular weight is 463 g/mol. The number of carbonyl (C=O) groups excluding carboxylic acids is 2. The van der Waals surface area contributed by atoms with Crippen LogP contribution in [0.1, 0.15) is 42.8 Å². The summed E-state index contributed by atoms with van der Waals surface area (Å²) in [6.07, 6.45) is 2.01. The molecule has 0 aromatic heterocycles. The van der Waals surface area contributed by atoms with Crippen LogP contribution in [0.4, 0.5) is 5.69 Å². The van der Waals surface area contributed by atoms with Crippen molar-refractivity contribution in [1.82, 2.24) is 5.32 Å². The fourth-order valence-corrected chi connectivity index (χ4v) is 6.41. The first-order chi connectivity index (χ1) is 15.7. The number of nitrogens with one attached hydrogen (secondary N) is 2. The Balaban J connectivity index is 1.37. The number of para-hydroxylation sites is 1. The zero-order valence-electron chi connectivity index (χ0n) is 17.8. The van der Waals surface area contributed by atoms with Crippen LogP contribution in [-0.4, -0.2) is 29.9 Å². The zero-order chi connectivity index (χ0) is 22.2. The summed E-state index contributed by atoms with van der Waals surface area (Å²) in [5.74, 6) is 1.96. The van der Waals surface area contributed by atoms with Gasteiger partial charge < -0.3 is 10.6 Å². The van der Waals surface area contributed by atoms with Gasteiger partial charge in [0.15, 0.2) is 0 Å². The third-order valence-electron chi connectivity index (χ3n) is 5.23. The van der Waals surface area contributed by atoms with E-state index in [1.165, 1.54) is 29.1 Å². The highest BCUT2D eigenvalue weighted by molar-refractivity contribution is 8.16. The van der Waals surface area contributed by atoms with Gasteiger partial charge in [0.2, 0.25) is 0 Å². The molecule has 0 spiro atoms. The van der Waals surface area contributed by atoms with Crippen LogP contribution in [0.3, 0.4) is 0 Å². The largest absolute Gasteiger partial charge is 0.352 e. The summed E-state index contributed by atoms with van der Waals surface area (Å²) < 4.78 is 0.446. The zero-order valence-corrected chi connectivity index (χ0v) is 19.4. The molecule has 0 radical (unpaired) electrons. The number of hydrogen-bond donors (Lipinski definition) is 2. The SMILES string of the molecule is O=C(Nc1ccccc1C(=O)NCCc1ccccc1)c1ccc(C2SCCCS2)cc1. The summed E-state index contributed by atoms with van der Waals surface area (Å²) >= 11 is 3.92. The van der Waals surface area contributed by atoms with Crippen LogP contribution in [0.15, 0.2) is 78.9 Å². The smallest absolute Gasteiger partial charge is 0.255 e. The van der Waals surface area contributed by atoms with Crippen LogP contribution in [-0.2, 0) is 6.42 Å². The monoisotopic (exact) mass is 462 g/mol. The molecule has 164 valence electrons. The maximum absolute atomic E-state index is 12.8. The van der Waals surface area contributed by atoms with Crippen LogP contribution in [0.5, 0.6) is 0 Å². The van der Waals surface area contributed by atoms with Crippen molar-refractivity contribution in [2.24, 2.45) is 0 Å². The molecule has 4 nitrogen and oxygen atoms in total. The van der Waals surface area contributed by atoms with Crippen molar-refractivity contribution in [1.29, 1.82) is 0 Å². The Morgan fingerprint density at radius 2 is 1.50 bits per heavy atom. The molecule has 1 aliphatic heterocycles. The number of carbonyl (C=O) groups is 2. The molecule has 4 rings (SSSR count). The van der Waals surface area contributed by atoms with Crippen molar-refractivity contribution in [3.8, 4) is 0 Å². The summed E-state index contributed by atoms with van der Waals surface area (Å²) in [7, 11) is 0. The van der Waals surface area contributed by atoms with Crippen molar-refractivity contribution >= 4 is 41.0 Å². The van der Waals surface area contributed by atoms with E-state index in [0.717, 1.165) is 6.42 Å². The standard InChI is InChI=1S/C26H26N2O2S2/c29-24(20-11-13-21(14-12-20)26-31-17-6-18-32-26)28-23-10-5-4-9-22(23)25(30)27-16-15-19-7-2-1-3-8-19/h1-5,7-14,26H,6,15-18H2,(H,27,30)(H,28,29). The average Bonchev–Trinajstić information content (AvgIpc) is 2.85. The third kappa shape index (κ3) is 5.96. The first-order valence-electron chi connectivity index (χ1n) is 10.8. The topological polar surface area (TPSA) is 58.2 Å². The lowest BCUT2D eigenvalue weighted by Gasteiger charge is -2.21. The number of benzene rings is 3. The Kier molecular flexibility index (Phi) is 7.91. The second-order valence-electron chi connectivity index (χ2n) is 7.54. The van der Waals surface area contributed by atoms with E-state index in [1.807, 2.05) is 84.2 Å². The highest BCUT2D eigenvalue weighted by Crippen LogP contribution is 2.43. The summed E-state index contributed by atoms with van der Waals surface area (Å²) in [5.41, 5.74) is 3.97. The molecule has 1 aliphatic rings.